The Kier molecular flexibility index (Phi) is 4.72. The molecule has 1 amide bonds. The number of halogens is 1. The number of anilines is 1. The van der Waals surface area contributed by atoms with E-state index in [-0.39, 0.29) is 11.6 Å². The maximum atomic E-state index is 12.6. The molecule has 2 aromatic heterocycles. The van der Waals surface area contributed by atoms with Crippen LogP contribution in [0.25, 0.3) is 5.69 Å². The van der Waals surface area contributed by atoms with Gasteiger partial charge in [0.05, 0.1) is 24.1 Å². The second-order valence-electron chi connectivity index (χ2n) is 5.99. The van der Waals surface area contributed by atoms with Crippen LogP contribution in [0.15, 0.2) is 79.3 Å². The molecule has 27 heavy (non-hydrogen) atoms. The zero-order valence-electron chi connectivity index (χ0n) is 14.3. The second kappa shape index (κ2) is 7.47. The third-order valence-corrected chi connectivity index (χ3v) is 4.28. The molecule has 4 rings (SSSR count). The van der Waals surface area contributed by atoms with Crippen molar-refractivity contribution in [1.82, 2.24) is 19.6 Å². The summed E-state index contributed by atoms with van der Waals surface area (Å²) in [6, 6.07) is 19.0. The second-order valence-corrected chi connectivity index (χ2v) is 6.43. The number of rotatable bonds is 5. The van der Waals surface area contributed by atoms with Crippen molar-refractivity contribution in [3.63, 3.8) is 0 Å². The molecule has 0 aliphatic heterocycles. The average molecular weight is 378 g/mol. The van der Waals surface area contributed by atoms with Crippen LogP contribution in [-0.4, -0.2) is 25.5 Å². The number of benzene rings is 2. The van der Waals surface area contributed by atoms with Gasteiger partial charge in [-0.3, -0.25) is 4.79 Å². The van der Waals surface area contributed by atoms with E-state index in [9.17, 15) is 4.79 Å². The summed E-state index contributed by atoms with van der Waals surface area (Å²) in [7, 11) is 0. The van der Waals surface area contributed by atoms with Gasteiger partial charge < -0.3 is 9.88 Å². The van der Waals surface area contributed by atoms with Gasteiger partial charge in [-0.05, 0) is 35.9 Å². The van der Waals surface area contributed by atoms with Gasteiger partial charge in [0.25, 0.3) is 5.91 Å². The lowest BCUT2D eigenvalue weighted by atomic mass is 10.2. The van der Waals surface area contributed by atoms with Crippen LogP contribution >= 0.6 is 11.6 Å². The topological polar surface area (TPSA) is 64.7 Å². The molecule has 6 nitrogen and oxygen atoms in total. The molecule has 0 unspecified atom stereocenters. The molecule has 2 heterocycles. The number of nitrogens with zero attached hydrogens (tertiary/aromatic N) is 4. The van der Waals surface area contributed by atoms with E-state index in [0.29, 0.717) is 17.3 Å². The molecule has 0 spiro atoms. The number of hydrogen-bond acceptors (Lipinski definition) is 3. The van der Waals surface area contributed by atoms with Gasteiger partial charge in [-0.15, -0.1) is 5.10 Å². The smallest absolute Gasteiger partial charge is 0.277 e. The summed E-state index contributed by atoms with van der Waals surface area (Å²) >= 11 is 6.12. The number of carbonyl (C=O) groups is 1. The Bertz CT molecular complexity index is 1060. The first-order valence-electron chi connectivity index (χ1n) is 8.37. The lowest BCUT2D eigenvalue weighted by molar-refractivity contribution is 0.102. The Labute approximate surface area is 161 Å². The molecule has 1 N–H and O–H groups in total. The maximum absolute atomic E-state index is 12.6. The Morgan fingerprint density at radius 3 is 2.59 bits per heavy atom. The average Bonchev–Trinajstić information content (AvgIpc) is 3.36. The summed E-state index contributed by atoms with van der Waals surface area (Å²) in [4.78, 5) is 12.6. The number of aromatic nitrogens is 4. The predicted molar refractivity (Wildman–Crippen MR) is 104 cm³/mol. The highest BCUT2D eigenvalue weighted by Gasteiger charge is 2.14. The van der Waals surface area contributed by atoms with Crippen molar-refractivity contribution in [3.8, 4) is 5.69 Å². The summed E-state index contributed by atoms with van der Waals surface area (Å²) in [6.07, 6.45) is 5.41. The third kappa shape index (κ3) is 3.91. The summed E-state index contributed by atoms with van der Waals surface area (Å²) in [5.74, 6) is -0.329. The number of amides is 1. The fourth-order valence-electron chi connectivity index (χ4n) is 2.76. The van der Waals surface area contributed by atoms with Gasteiger partial charge >= 0.3 is 0 Å². The molecule has 7 heteroatoms. The Hall–Kier alpha value is -3.38. The molecular weight excluding hydrogens is 362 g/mol. The van der Waals surface area contributed by atoms with Crippen molar-refractivity contribution in [3.05, 3.63) is 95.5 Å². The highest BCUT2D eigenvalue weighted by atomic mass is 35.5. The van der Waals surface area contributed by atoms with Crippen molar-refractivity contribution >= 4 is 23.2 Å². The van der Waals surface area contributed by atoms with E-state index in [1.807, 2.05) is 59.4 Å². The summed E-state index contributed by atoms with van der Waals surface area (Å²) in [6.45, 7) is 0.552. The first-order valence-corrected chi connectivity index (χ1v) is 8.75. The van der Waals surface area contributed by atoms with Gasteiger partial charge in [0.2, 0.25) is 0 Å². The molecule has 2 aromatic carbocycles. The summed E-state index contributed by atoms with van der Waals surface area (Å²) in [5, 5.41) is 11.5. The fraction of sp³-hybridized carbons (Fsp3) is 0.0500. The summed E-state index contributed by atoms with van der Waals surface area (Å²) < 4.78 is 3.52. The van der Waals surface area contributed by atoms with Crippen LogP contribution in [0.2, 0.25) is 5.02 Å². The van der Waals surface area contributed by atoms with Crippen molar-refractivity contribution in [2.75, 3.05) is 5.32 Å². The largest absolute Gasteiger partial charge is 0.322 e. The number of carbonyl (C=O) groups excluding carboxylic acids is 1. The lowest BCUT2D eigenvalue weighted by Crippen LogP contribution is -2.14. The molecule has 0 fully saturated rings. The number of hydrogen-bond donors (Lipinski definition) is 1. The first kappa shape index (κ1) is 17.1. The molecule has 4 aromatic rings. The van der Waals surface area contributed by atoms with Gasteiger partial charge in [-0.1, -0.05) is 47.1 Å². The van der Waals surface area contributed by atoms with Crippen molar-refractivity contribution in [2.24, 2.45) is 0 Å². The van der Waals surface area contributed by atoms with E-state index in [0.717, 1.165) is 11.3 Å². The van der Waals surface area contributed by atoms with Crippen LogP contribution < -0.4 is 5.32 Å². The molecule has 0 aliphatic rings. The van der Waals surface area contributed by atoms with Crippen LogP contribution in [0.1, 0.15) is 16.1 Å². The molecule has 0 saturated carbocycles. The SMILES string of the molecule is O=C(Nc1ccc(Cl)cc1-n1cccc1)c1cn(Cc2ccccc2)nn1. The Morgan fingerprint density at radius 1 is 1.04 bits per heavy atom. The minimum atomic E-state index is -0.329. The monoisotopic (exact) mass is 377 g/mol. The van der Waals surface area contributed by atoms with Crippen LogP contribution in [0.5, 0.6) is 0 Å². The molecular formula is C20H16ClN5O. The fourth-order valence-corrected chi connectivity index (χ4v) is 2.92. The van der Waals surface area contributed by atoms with Crippen LogP contribution in [0, 0.1) is 0 Å². The van der Waals surface area contributed by atoms with Crippen molar-refractivity contribution < 1.29 is 4.79 Å². The first-order chi connectivity index (χ1) is 13.2. The zero-order valence-corrected chi connectivity index (χ0v) is 15.0. The van der Waals surface area contributed by atoms with Crippen LogP contribution in [0.3, 0.4) is 0 Å². The molecule has 134 valence electrons. The molecule has 0 radical (unpaired) electrons. The van der Waals surface area contributed by atoms with Crippen molar-refractivity contribution in [1.29, 1.82) is 0 Å². The minimum absolute atomic E-state index is 0.249. The van der Waals surface area contributed by atoms with Crippen molar-refractivity contribution in [2.45, 2.75) is 6.54 Å². The predicted octanol–water partition coefficient (Wildman–Crippen LogP) is 4.02. The normalized spacial score (nSPS) is 10.7. The molecule has 0 bridgehead atoms. The van der Waals surface area contributed by atoms with Crippen LogP contribution in [-0.2, 0) is 6.54 Å². The van der Waals surface area contributed by atoms with Crippen LogP contribution in [0.4, 0.5) is 5.69 Å². The third-order valence-electron chi connectivity index (χ3n) is 4.05. The Balaban J connectivity index is 1.53. The molecule has 0 saturated heterocycles. The zero-order chi connectivity index (χ0) is 18.6. The number of nitrogens with one attached hydrogen (secondary N) is 1. The summed E-state index contributed by atoms with van der Waals surface area (Å²) in [5.41, 5.74) is 2.75. The minimum Gasteiger partial charge on any atom is -0.322 e. The maximum Gasteiger partial charge on any atom is 0.277 e. The van der Waals surface area contributed by atoms with E-state index < -0.39 is 0 Å². The Morgan fingerprint density at radius 2 is 1.81 bits per heavy atom. The van der Waals surface area contributed by atoms with E-state index >= 15 is 0 Å². The quantitative estimate of drug-likeness (QED) is 0.571. The van der Waals surface area contributed by atoms with Gasteiger partial charge in [0, 0.05) is 17.4 Å². The lowest BCUT2D eigenvalue weighted by Gasteiger charge is -2.11. The highest BCUT2D eigenvalue weighted by molar-refractivity contribution is 6.31. The van der Waals surface area contributed by atoms with E-state index in [1.165, 1.54) is 0 Å². The van der Waals surface area contributed by atoms with E-state index in [1.54, 1.807) is 29.1 Å². The van der Waals surface area contributed by atoms with E-state index in [2.05, 4.69) is 15.6 Å². The van der Waals surface area contributed by atoms with Gasteiger partial charge in [0.1, 0.15) is 0 Å². The standard InChI is InChI=1S/C20H16ClN5O/c21-16-8-9-17(19(12-16)25-10-4-5-11-25)22-20(27)18-14-26(24-23-18)13-15-6-2-1-3-7-15/h1-12,14H,13H2,(H,22,27). The van der Waals surface area contributed by atoms with Gasteiger partial charge in [-0.2, -0.15) is 0 Å². The van der Waals surface area contributed by atoms with E-state index in [4.69, 9.17) is 11.6 Å². The van der Waals surface area contributed by atoms with Gasteiger partial charge in [0.15, 0.2) is 5.69 Å². The highest BCUT2D eigenvalue weighted by Crippen LogP contribution is 2.25. The molecule has 0 atom stereocenters. The molecule has 0 aliphatic carbocycles. The van der Waals surface area contributed by atoms with Gasteiger partial charge in [-0.25, -0.2) is 4.68 Å².